The van der Waals surface area contributed by atoms with Crippen LogP contribution in [-0.2, 0) is 11.2 Å². The topological polar surface area (TPSA) is 64.3 Å². The predicted molar refractivity (Wildman–Crippen MR) is 81.8 cm³/mol. The predicted octanol–water partition coefficient (Wildman–Crippen LogP) is 2.12. The Morgan fingerprint density at radius 1 is 1.30 bits per heavy atom. The molecule has 0 radical (unpaired) electrons. The summed E-state index contributed by atoms with van der Waals surface area (Å²) in [4.78, 5) is 11.8. The Balaban J connectivity index is 2.29. The summed E-state index contributed by atoms with van der Waals surface area (Å²) in [6.45, 7) is 6.55. The number of hydrogen-bond acceptors (Lipinski definition) is 3. The molecule has 0 saturated carbocycles. The number of aryl methyl sites for hydroxylation is 1. The molecule has 1 amide bonds. The largest absolute Gasteiger partial charge is 0.497 e. The SMILES string of the molecule is COc1ccc(CCCNC(=O)[C@@H](N)C(C)(C)C)cc1. The third-order valence-electron chi connectivity index (χ3n) is 3.32. The first-order valence-electron chi connectivity index (χ1n) is 7.01. The van der Waals surface area contributed by atoms with Gasteiger partial charge in [0.25, 0.3) is 0 Å². The van der Waals surface area contributed by atoms with Gasteiger partial charge in [0, 0.05) is 6.54 Å². The van der Waals surface area contributed by atoms with Crippen LogP contribution in [0.4, 0.5) is 0 Å². The van der Waals surface area contributed by atoms with Gasteiger partial charge in [-0.2, -0.15) is 0 Å². The van der Waals surface area contributed by atoms with Gasteiger partial charge in [0.1, 0.15) is 5.75 Å². The van der Waals surface area contributed by atoms with Crippen LogP contribution in [-0.4, -0.2) is 25.6 Å². The molecule has 20 heavy (non-hydrogen) atoms. The summed E-state index contributed by atoms with van der Waals surface area (Å²) in [6, 6.07) is 7.51. The molecular formula is C16H26N2O2. The standard InChI is InChI=1S/C16H26N2O2/c1-16(2,3)14(17)15(19)18-11-5-6-12-7-9-13(20-4)10-8-12/h7-10,14H,5-6,11,17H2,1-4H3,(H,18,19)/t14-/m1/s1. The Morgan fingerprint density at radius 3 is 2.40 bits per heavy atom. The van der Waals surface area contributed by atoms with Crippen molar-refractivity contribution in [1.82, 2.24) is 5.32 Å². The summed E-state index contributed by atoms with van der Waals surface area (Å²) < 4.78 is 5.11. The summed E-state index contributed by atoms with van der Waals surface area (Å²) in [5, 5.41) is 2.89. The molecule has 1 atom stereocenters. The van der Waals surface area contributed by atoms with Crippen LogP contribution in [0.5, 0.6) is 5.75 Å². The van der Waals surface area contributed by atoms with Gasteiger partial charge < -0.3 is 15.8 Å². The molecule has 0 spiro atoms. The normalized spacial score (nSPS) is 12.8. The number of methoxy groups -OCH3 is 1. The maximum Gasteiger partial charge on any atom is 0.237 e. The Hall–Kier alpha value is -1.55. The molecule has 1 rings (SSSR count). The van der Waals surface area contributed by atoms with Gasteiger partial charge in [0.05, 0.1) is 13.2 Å². The van der Waals surface area contributed by atoms with Crippen LogP contribution in [0.2, 0.25) is 0 Å². The monoisotopic (exact) mass is 278 g/mol. The Morgan fingerprint density at radius 2 is 1.90 bits per heavy atom. The molecule has 112 valence electrons. The first kappa shape index (κ1) is 16.5. The highest BCUT2D eigenvalue weighted by atomic mass is 16.5. The summed E-state index contributed by atoms with van der Waals surface area (Å²) in [5.41, 5.74) is 6.92. The zero-order valence-corrected chi connectivity index (χ0v) is 12.9. The summed E-state index contributed by atoms with van der Waals surface area (Å²) in [7, 11) is 1.66. The van der Waals surface area contributed by atoms with Crippen LogP contribution in [0.1, 0.15) is 32.8 Å². The van der Waals surface area contributed by atoms with Crippen LogP contribution in [0, 0.1) is 5.41 Å². The second-order valence-electron chi connectivity index (χ2n) is 6.09. The minimum absolute atomic E-state index is 0.0766. The van der Waals surface area contributed by atoms with Crippen molar-refractivity contribution in [2.45, 2.75) is 39.7 Å². The molecule has 4 heteroatoms. The van der Waals surface area contributed by atoms with Gasteiger partial charge in [-0.3, -0.25) is 4.79 Å². The van der Waals surface area contributed by atoms with Gasteiger partial charge in [0.15, 0.2) is 0 Å². The molecule has 0 aliphatic carbocycles. The summed E-state index contributed by atoms with van der Waals surface area (Å²) >= 11 is 0. The molecule has 0 fully saturated rings. The molecular weight excluding hydrogens is 252 g/mol. The molecule has 1 aromatic rings. The Kier molecular flexibility index (Phi) is 6.02. The second kappa shape index (κ2) is 7.29. The Labute approximate surface area is 121 Å². The van der Waals surface area contributed by atoms with Crippen molar-refractivity contribution in [3.8, 4) is 5.75 Å². The van der Waals surface area contributed by atoms with Crippen molar-refractivity contribution >= 4 is 5.91 Å². The van der Waals surface area contributed by atoms with Gasteiger partial charge in [0.2, 0.25) is 5.91 Å². The molecule has 1 aromatic carbocycles. The van der Waals surface area contributed by atoms with Gasteiger partial charge in [-0.15, -0.1) is 0 Å². The van der Waals surface area contributed by atoms with E-state index in [1.807, 2.05) is 45.0 Å². The lowest BCUT2D eigenvalue weighted by Gasteiger charge is -2.25. The van der Waals surface area contributed by atoms with Crippen molar-refractivity contribution in [3.05, 3.63) is 29.8 Å². The minimum atomic E-state index is -0.469. The van der Waals surface area contributed by atoms with E-state index in [0.717, 1.165) is 18.6 Å². The highest BCUT2D eigenvalue weighted by Gasteiger charge is 2.26. The number of ether oxygens (including phenoxy) is 1. The van der Waals surface area contributed by atoms with Crippen LogP contribution in [0.25, 0.3) is 0 Å². The molecule has 0 saturated heterocycles. The van der Waals surface area contributed by atoms with Gasteiger partial charge in [-0.1, -0.05) is 32.9 Å². The average Bonchev–Trinajstić information content (AvgIpc) is 2.42. The fraction of sp³-hybridized carbons (Fsp3) is 0.562. The summed E-state index contributed by atoms with van der Waals surface area (Å²) in [5.74, 6) is 0.783. The Bertz CT molecular complexity index is 421. The van der Waals surface area contributed by atoms with Crippen molar-refractivity contribution < 1.29 is 9.53 Å². The van der Waals surface area contributed by atoms with Crippen LogP contribution >= 0.6 is 0 Å². The average molecular weight is 278 g/mol. The molecule has 0 bridgehead atoms. The van der Waals surface area contributed by atoms with Crippen LogP contribution in [0.3, 0.4) is 0 Å². The second-order valence-corrected chi connectivity index (χ2v) is 6.09. The number of rotatable bonds is 6. The van der Waals surface area contributed by atoms with Crippen LogP contribution in [0.15, 0.2) is 24.3 Å². The fourth-order valence-corrected chi connectivity index (χ4v) is 1.80. The third kappa shape index (κ3) is 5.21. The maximum absolute atomic E-state index is 11.8. The van der Waals surface area contributed by atoms with E-state index in [0.29, 0.717) is 6.54 Å². The third-order valence-corrected chi connectivity index (χ3v) is 3.32. The molecule has 0 aliphatic rings. The lowest BCUT2D eigenvalue weighted by molar-refractivity contribution is -0.124. The zero-order chi connectivity index (χ0) is 15.2. The first-order chi connectivity index (χ1) is 9.34. The first-order valence-corrected chi connectivity index (χ1v) is 7.01. The minimum Gasteiger partial charge on any atom is -0.497 e. The number of amides is 1. The van der Waals surface area contributed by atoms with E-state index in [9.17, 15) is 4.79 Å². The smallest absolute Gasteiger partial charge is 0.237 e. The van der Waals surface area contributed by atoms with E-state index in [-0.39, 0.29) is 11.3 Å². The van der Waals surface area contributed by atoms with Gasteiger partial charge >= 0.3 is 0 Å². The van der Waals surface area contributed by atoms with Crippen molar-refractivity contribution in [1.29, 1.82) is 0 Å². The zero-order valence-electron chi connectivity index (χ0n) is 12.9. The highest BCUT2D eigenvalue weighted by Crippen LogP contribution is 2.17. The van der Waals surface area contributed by atoms with Gasteiger partial charge in [-0.05, 0) is 36.0 Å². The van der Waals surface area contributed by atoms with Gasteiger partial charge in [-0.25, -0.2) is 0 Å². The van der Waals surface area contributed by atoms with Crippen molar-refractivity contribution in [2.75, 3.05) is 13.7 Å². The van der Waals surface area contributed by atoms with E-state index in [1.165, 1.54) is 5.56 Å². The number of hydrogen-bond donors (Lipinski definition) is 2. The van der Waals surface area contributed by atoms with E-state index >= 15 is 0 Å². The molecule has 0 aromatic heterocycles. The molecule has 3 N–H and O–H groups in total. The number of benzene rings is 1. The lowest BCUT2D eigenvalue weighted by atomic mass is 9.87. The number of nitrogens with one attached hydrogen (secondary N) is 1. The lowest BCUT2D eigenvalue weighted by Crippen LogP contribution is -2.48. The summed E-state index contributed by atoms with van der Waals surface area (Å²) in [6.07, 6.45) is 1.82. The number of nitrogens with two attached hydrogens (primary N) is 1. The van der Waals surface area contributed by atoms with E-state index in [4.69, 9.17) is 10.5 Å². The van der Waals surface area contributed by atoms with E-state index < -0.39 is 6.04 Å². The van der Waals surface area contributed by atoms with E-state index in [2.05, 4.69) is 5.32 Å². The molecule has 0 heterocycles. The van der Waals surface area contributed by atoms with Crippen molar-refractivity contribution in [2.24, 2.45) is 11.1 Å². The number of carbonyl (C=O) groups is 1. The van der Waals surface area contributed by atoms with Crippen molar-refractivity contribution in [3.63, 3.8) is 0 Å². The van der Waals surface area contributed by atoms with Crippen LogP contribution < -0.4 is 15.8 Å². The number of carbonyl (C=O) groups excluding carboxylic acids is 1. The molecule has 0 unspecified atom stereocenters. The molecule has 4 nitrogen and oxygen atoms in total. The quantitative estimate of drug-likeness (QED) is 0.783. The van der Waals surface area contributed by atoms with E-state index in [1.54, 1.807) is 7.11 Å². The fourth-order valence-electron chi connectivity index (χ4n) is 1.80. The highest BCUT2D eigenvalue weighted by molar-refractivity contribution is 5.82. The maximum atomic E-state index is 11.8. The molecule has 0 aliphatic heterocycles.